The number of aliphatic hydroxyl groups excluding tert-OH is 10. The molecular formula is C56H82O22. The number of carbonyl (C=O) groups is 3. The number of ether oxygens (including phenoxy) is 8. The van der Waals surface area contributed by atoms with Gasteiger partial charge in [0.25, 0.3) is 0 Å². The number of hydrogen-bond donors (Lipinski definition) is 11. The molecule has 3 heterocycles. The van der Waals surface area contributed by atoms with E-state index < -0.39 is 175 Å². The maximum Gasteiger partial charge on any atom is 0.338 e. The molecule has 1 aromatic carbocycles. The van der Waals surface area contributed by atoms with Crippen LogP contribution in [0.25, 0.3) is 0 Å². The van der Waals surface area contributed by atoms with Crippen molar-refractivity contribution in [2.24, 2.45) is 50.2 Å². The Morgan fingerprint density at radius 3 is 2.04 bits per heavy atom. The van der Waals surface area contributed by atoms with Crippen LogP contribution in [0.4, 0.5) is 0 Å². The van der Waals surface area contributed by atoms with Gasteiger partial charge in [-0.3, -0.25) is 4.79 Å². The first-order valence-electron chi connectivity index (χ1n) is 27.4. The highest BCUT2D eigenvalue weighted by atomic mass is 16.8. The molecule has 9 rings (SSSR count). The predicted molar refractivity (Wildman–Crippen MR) is 268 cm³/mol. The molecule has 0 bridgehead atoms. The van der Waals surface area contributed by atoms with Gasteiger partial charge in [0.1, 0.15) is 79.9 Å². The molecule has 8 aliphatic rings. The van der Waals surface area contributed by atoms with Gasteiger partial charge in [0.2, 0.25) is 0 Å². The lowest BCUT2D eigenvalue weighted by molar-refractivity contribution is -0.392. The molecule has 25 atom stereocenters. The summed E-state index contributed by atoms with van der Waals surface area (Å²) in [5, 5.41) is 122. The standard InChI is InChI=1S/C56H82O22/c1-25(58)72-24-56-28(20-51(2,3)45(44(56)67)78-47(70)26-12-10-9-11-13-26)27-14-15-32-53(6)18-17-34(52(4,5)31(53)16-19-54(32,7)55(27,8)21-33(56)60)74-50-43(77-49-39(65)37(63)36(62)30(22-57)73-49)41(40(66)42(76-50)46(68)69)75-48-38(64)35(61)29(59)23-71-48/h9-14,28-45,48-50,57,59-67H,15-24H2,1-8H3,(H,68,69)/t28-,29+,30+,31-,32+,33+,34-,35-,36-,37-,38+,39+,40-,41-,42-,43+,44-,45-,48-,49-,50+,53-,54+,55+,56-/m0/s1. The van der Waals surface area contributed by atoms with E-state index in [1.165, 1.54) is 6.92 Å². The minimum Gasteiger partial charge on any atom is -0.479 e. The number of carbonyl (C=O) groups excluding carboxylic acids is 2. The van der Waals surface area contributed by atoms with Gasteiger partial charge < -0.3 is 94.1 Å². The zero-order chi connectivity index (χ0) is 57.0. The minimum atomic E-state index is -2.10. The van der Waals surface area contributed by atoms with E-state index in [2.05, 4.69) is 40.7 Å². The van der Waals surface area contributed by atoms with Crippen molar-refractivity contribution in [2.45, 2.75) is 211 Å². The summed E-state index contributed by atoms with van der Waals surface area (Å²) in [5.74, 6) is -3.34. The second kappa shape index (κ2) is 21.5. The van der Waals surface area contributed by atoms with Crippen LogP contribution in [0.2, 0.25) is 0 Å². The van der Waals surface area contributed by atoms with Gasteiger partial charge in [-0.05, 0) is 96.5 Å². The molecule has 0 amide bonds. The van der Waals surface area contributed by atoms with Gasteiger partial charge in [0.05, 0.1) is 36.4 Å². The van der Waals surface area contributed by atoms with Crippen LogP contribution in [-0.4, -0.2) is 204 Å². The predicted octanol–water partition coefficient (Wildman–Crippen LogP) is 0.693. The van der Waals surface area contributed by atoms with Gasteiger partial charge >= 0.3 is 17.9 Å². The molecule has 4 saturated carbocycles. The van der Waals surface area contributed by atoms with Crippen molar-refractivity contribution in [1.82, 2.24) is 0 Å². The first-order chi connectivity index (χ1) is 36.5. The van der Waals surface area contributed by atoms with Gasteiger partial charge in [0.15, 0.2) is 25.0 Å². The maximum absolute atomic E-state index is 13.6. The number of benzene rings is 1. The van der Waals surface area contributed by atoms with Gasteiger partial charge in [0, 0.05) is 12.3 Å². The van der Waals surface area contributed by atoms with Crippen LogP contribution in [0, 0.1) is 50.2 Å². The number of rotatable bonds is 12. The maximum atomic E-state index is 13.6. The van der Waals surface area contributed by atoms with E-state index in [1.807, 2.05) is 13.8 Å². The molecule has 0 radical (unpaired) electrons. The first kappa shape index (κ1) is 59.4. The van der Waals surface area contributed by atoms with E-state index in [-0.39, 0.29) is 30.3 Å². The van der Waals surface area contributed by atoms with E-state index in [9.17, 15) is 70.6 Å². The number of aliphatic carboxylic acids is 1. The zero-order valence-corrected chi connectivity index (χ0v) is 45.6. The number of fused-ring (bicyclic) bond motifs is 7. The summed E-state index contributed by atoms with van der Waals surface area (Å²) in [4.78, 5) is 39.1. The quantitative estimate of drug-likeness (QED) is 0.0779. The number of hydrogen-bond acceptors (Lipinski definition) is 21. The number of allylic oxidation sites excluding steroid dienone is 2. The number of esters is 2. The van der Waals surface area contributed by atoms with E-state index in [0.29, 0.717) is 44.1 Å². The Labute approximate surface area is 453 Å². The largest absolute Gasteiger partial charge is 0.479 e. The molecule has 0 aromatic heterocycles. The molecule has 0 unspecified atom stereocenters. The number of carboxylic acids is 1. The second-order valence-electron chi connectivity index (χ2n) is 25.7. The van der Waals surface area contributed by atoms with Crippen LogP contribution in [0.3, 0.4) is 0 Å². The normalized spacial score (nSPS) is 48.6. The molecular weight excluding hydrogens is 1020 g/mol. The van der Waals surface area contributed by atoms with Crippen molar-refractivity contribution < 1.29 is 108 Å². The van der Waals surface area contributed by atoms with Crippen LogP contribution < -0.4 is 0 Å². The third-order valence-electron chi connectivity index (χ3n) is 20.8. The van der Waals surface area contributed by atoms with Crippen molar-refractivity contribution in [3.8, 4) is 0 Å². The highest BCUT2D eigenvalue weighted by molar-refractivity contribution is 5.89. The van der Waals surface area contributed by atoms with E-state index in [1.54, 1.807) is 30.3 Å². The Kier molecular flexibility index (Phi) is 16.3. The van der Waals surface area contributed by atoms with Crippen LogP contribution in [0.1, 0.15) is 111 Å². The lowest BCUT2D eigenvalue weighted by Crippen LogP contribution is -2.72. The van der Waals surface area contributed by atoms with Crippen molar-refractivity contribution in [1.29, 1.82) is 0 Å². The summed E-state index contributed by atoms with van der Waals surface area (Å²) >= 11 is 0. The Bertz CT molecular complexity index is 2380. The summed E-state index contributed by atoms with van der Waals surface area (Å²) in [6.07, 6.45) is -24.1. The molecule has 22 nitrogen and oxygen atoms in total. The third-order valence-corrected chi connectivity index (χ3v) is 20.8. The van der Waals surface area contributed by atoms with Gasteiger partial charge in [-0.1, -0.05) is 78.3 Å². The Morgan fingerprint density at radius 1 is 0.718 bits per heavy atom. The van der Waals surface area contributed by atoms with Crippen molar-refractivity contribution in [3.63, 3.8) is 0 Å². The summed E-state index contributed by atoms with van der Waals surface area (Å²) < 4.78 is 48.4. The molecule has 3 saturated heterocycles. The fourth-order valence-electron chi connectivity index (χ4n) is 16.3. The lowest BCUT2D eigenvalue weighted by atomic mass is 9.33. The van der Waals surface area contributed by atoms with Crippen molar-refractivity contribution in [3.05, 3.63) is 47.5 Å². The second-order valence-corrected chi connectivity index (χ2v) is 25.7. The Morgan fingerprint density at radius 2 is 1.38 bits per heavy atom. The third kappa shape index (κ3) is 9.57. The molecule has 78 heavy (non-hydrogen) atoms. The molecule has 22 heteroatoms. The molecule has 7 fully saturated rings. The Balaban J connectivity index is 1.02. The van der Waals surface area contributed by atoms with Crippen LogP contribution in [-0.2, 0) is 47.5 Å². The van der Waals surface area contributed by atoms with Crippen LogP contribution in [0.15, 0.2) is 42.0 Å². The fraction of sp³-hybridized carbons (Fsp3) is 0.804. The average Bonchev–Trinajstić information content (AvgIpc) is 3.58. The van der Waals surface area contributed by atoms with Gasteiger partial charge in [-0.2, -0.15) is 0 Å². The Hall–Kier alpha value is -3.27. The van der Waals surface area contributed by atoms with Crippen LogP contribution in [0.5, 0.6) is 0 Å². The molecule has 438 valence electrons. The van der Waals surface area contributed by atoms with Gasteiger partial charge in [-0.25, -0.2) is 9.59 Å². The monoisotopic (exact) mass is 1110 g/mol. The summed E-state index contributed by atoms with van der Waals surface area (Å²) in [5.41, 5.74) is -3.02. The topological polar surface area (TPSA) is 348 Å². The number of carboxylic acid groups (broad SMARTS) is 1. The summed E-state index contributed by atoms with van der Waals surface area (Å²) in [7, 11) is 0. The molecule has 1 aromatic rings. The molecule has 0 spiro atoms. The summed E-state index contributed by atoms with van der Waals surface area (Å²) in [6, 6.07) is 8.48. The van der Waals surface area contributed by atoms with Crippen molar-refractivity contribution >= 4 is 17.9 Å². The molecule has 3 aliphatic heterocycles. The van der Waals surface area contributed by atoms with E-state index in [4.69, 9.17) is 37.9 Å². The van der Waals surface area contributed by atoms with Gasteiger partial charge in [-0.15, -0.1) is 0 Å². The van der Waals surface area contributed by atoms with Crippen molar-refractivity contribution in [2.75, 3.05) is 19.8 Å². The first-order valence-corrected chi connectivity index (χ1v) is 27.4. The zero-order valence-electron chi connectivity index (χ0n) is 45.6. The van der Waals surface area contributed by atoms with Crippen LogP contribution >= 0.6 is 0 Å². The molecule has 5 aliphatic carbocycles. The fourth-order valence-corrected chi connectivity index (χ4v) is 16.3. The summed E-state index contributed by atoms with van der Waals surface area (Å²) in [6.45, 7) is 14.4. The van der Waals surface area contributed by atoms with E-state index >= 15 is 0 Å². The van der Waals surface area contributed by atoms with E-state index in [0.717, 1.165) is 5.57 Å². The molecule has 11 N–H and O–H groups in total. The average molecular weight is 1110 g/mol. The lowest BCUT2D eigenvalue weighted by Gasteiger charge is -2.72. The smallest absolute Gasteiger partial charge is 0.338 e. The number of aliphatic hydroxyl groups is 10. The highest BCUT2D eigenvalue weighted by Crippen LogP contribution is 2.76. The highest BCUT2D eigenvalue weighted by Gasteiger charge is 2.73. The minimum absolute atomic E-state index is 0.0281. The SMILES string of the molecule is CC(=O)OC[C@@]12[C@H](O)C[C@]3(C)C(=CC[C@@H]4[C@@]5(C)CC[C@H](O[C@@H]6O[C@H](C(=O)O)[C@@H](O)[C@H](O[C@@H]7OC[C@@H](O)[C@H](O)[C@H]7O)[C@H]6O[C@@H]6O[C@H](CO)[C@H](O)[C@H](O)[C@H]6O)C(C)(C)[C@@H]5CC[C@]43C)[C@@H]1CC(C)(C)[C@@H](OC(=O)c1ccccc1)[C@@H]2O.